The van der Waals surface area contributed by atoms with E-state index < -0.39 is 0 Å². The van der Waals surface area contributed by atoms with Crippen molar-refractivity contribution in [3.05, 3.63) is 48.0 Å². The van der Waals surface area contributed by atoms with Crippen LogP contribution in [0.4, 0.5) is 11.6 Å². The molecule has 0 spiro atoms. The molecule has 3 aromatic rings. The van der Waals surface area contributed by atoms with Gasteiger partial charge in [0.15, 0.2) is 5.16 Å². The van der Waals surface area contributed by atoms with Crippen LogP contribution in [-0.2, 0) is 4.79 Å². The van der Waals surface area contributed by atoms with Gasteiger partial charge in [-0.1, -0.05) is 29.5 Å². The highest BCUT2D eigenvalue weighted by molar-refractivity contribution is 7.99. The molecule has 4 rings (SSSR count). The van der Waals surface area contributed by atoms with Crippen molar-refractivity contribution in [3.8, 4) is 17.2 Å². The third-order valence-corrected chi connectivity index (χ3v) is 6.49. The Bertz CT molecular complexity index is 1090. The second-order valence-corrected chi connectivity index (χ2v) is 8.85. The van der Waals surface area contributed by atoms with E-state index in [2.05, 4.69) is 56.2 Å². The first kappa shape index (κ1) is 23.0. The van der Waals surface area contributed by atoms with Crippen molar-refractivity contribution < 1.29 is 14.3 Å². The SMILES string of the molecule is COc1ccc(NC(=O)CSc2nnc(N3CCCCC3)n2-c2ccc(C)cc2)c(OC)c1. The monoisotopic (exact) mass is 467 g/mol. The molecule has 0 saturated carbocycles. The van der Waals surface area contributed by atoms with Gasteiger partial charge >= 0.3 is 0 Å². The van der Waals surface area contributed by atoms with Crippen LogP contribution in [0.1, 0.15) is 24.8 Å². The number of benzene rings is 2. The van der Waals surface area contributed by atoms with Crippen LogP contribution in [-0.4, -0.2) is 53.7 Å². The number of carbonyl (C=O) groups is 1. The minimum Gasteiger partial charge on any atom is -0.497 e. The maximum Gasteiger partial charge on any atom is 0.234 e. The first-order chi connectivity index (χ1) is 16.1. The van der Waals surface area contributed by atoms with E-state index >= 15 is 0 Å². The van der Waals surface area contributed by atoms with E-state index in [9.17, 15) is 4.79 Å². The van der Waals surface area contributed by atoms with Gasteiger partial charge in [-0.05, 0) is 50.5 Å². The van der Waals surface area contributed by atoms with Gasteiger partial charge in [-0.15, -0.1) is 10.2 Å². The summed E-state index contributed by atoms with van der Waals surface area (Å²) in [6.45, 7) is 3.99. The number of aryl methyl sites for hydroxylation is 1. The van der Waals surface area contributed by atoms with Gasteiger partial charge in [-0.3, -0.25) is 9.36 Å². The molecule has 0 aliphatic carbocycles. The largest absolute Gasteiger partial charge is 0.497 e. The van der Waals surface area contributed by atoms with Gasteiger partial charge in [0, 0.05) is 19.2 Å². The van der Waals surface area contributed by atoms with E-state index in [4.69, 9.17) is 9.47 Å². The van der Waals surface area contributed by atoms with Crippen LogP contribution in [0.15, 0.2) is 47.6 Å². The molecule has 1 saturated heterocycles. The molecular weight excluding hydrogens is 438 g/mol. The van der Waals surface area contributed by atoms with Crippen LogP contribution < -0.4 is 19.7 Å². The maximum atomic E-state index is 12.7. The normalized spacial score (nSPS) is 13.6. The van der Waals surface area contributed by atoms with Gasteiger partial charge in [0.05, 0.1) is 31.3 Å². The standard InChI is InChI=1S/C24H29N5O3S/c1-17-7-9-18(10-8-17)29-23(28-13-5-4-6-14-28)26-27-24(29)33-16-22(30)25-20-12-11-19(31-2)15-21(20)32-3/h7-12,15H,4-6,13-14,16H2,1-3H3,(H,25,30). The summed E-state index contributed by atoms with van der Waals surface area (Å²) in [5, 5.41) is 12.5. The number of thioether (sulfide) groups is 1. The number of carbonyl (C=O) groups excluding carboxylic acids is 1. The fourth-order valence-electron chi connectivity index (χ4n) is 3.79. The number of methoxy groups -OCH3 is 2. The van der Waals surface area contributed by atoms with Crippen LogP contribution in [0.2, 0.25) is 0 Å². The zero-order chi connectivity index (χ0) is 23.2. The number of aromatic nitrogens is 3. The Morgan fingerprint density at radius 1 is 1.03 bits per heavy atom. The van der Waals surface area contributed by atoms with Gasteiger partial charge in [0.25, 0.3) is 0 Å². The fourth-order valence-corrected chi connectivity index (χ4v) is 4.54. The molecule has 1 N–H and O–H groups in total. The van der Waals surface area contributed by atoms with E-state index in [1.54, 1.807) is 32.4 Å². The van der Waals surface area contributed by atoms with Gasteiger partial charge in [-0.2, -0.15) is 0 Å². The van der Waals surface area contributed by atoms with E-state index in [1.807, 2.05) is 0 Å². The summed E-state index contributed by atoms with van der Waals surface area (Å²) >= 11 is 1.36. The lowest BCUT2D eigenvalue weighted by atomic mass is 10.1. The lowest BCUT2D eigenvalue weighted by molar-refractivity contribution is -0.113. The number of nitrogens with one attached hydrogen (secondary N) is 1. The molecule has 0 bridgehead atoms. The molecular formula is C24H29N5O3S. The highest BCUT2D eigenvalue weighted by Crippen LogP contribution is 2.31. The van der Waals surface area contributed by atoms with Crippen LogP contribution in [0.25, 0.3) is 5.69 Å². The molecule has 0 unspecified atom stereocenters. The smallest absolute Gasteiger partial charge is 0.234 e. The average molecular weight is 468 g/mol. The molecule has 9 heteroatoms. The Balaban J connectivity index is 1.52. The van der Waals surface area contributed by atoms with Crippen molar-refractivity contribution in [2.45, 2.75) is 31.3 Å². The van der Waals surface area contributed by atoms with Crippen molar-refractivity contribution in [1.82, 2.24) is 14.8 Å². The Kier molecular flexibility index (Phi) is 7.39. The summed E-state index contributed by atoms with van der Waals surface area (Å²) in [5.41, 5.74) is 2.78. The van der Waals surface area contributed by atoms with E-state index in [0.717, 1.165) is 37.6 Å². The summed E-state index contributed by atoms with van der Waals surface area (Å²) in [7, 11) is 3.15. The van der Waals surface area contributed by atoms with E-state index in [1.165, 1.54) is 23.7 Å². The molecule has 174 valence electrons. The van der Waals surface area contributed by atoms with Crippen molar-refractivity contribution >= 4 is 29.3 Å². The molecule has 1 amide bonds. The lowest BCUT2D eigenvalue weighted by Crippen LogP contribution is -2.31. The third kappa shape index (κ3) is 5.42. The molecule has 0 atom stereocenters. The summed E-state index contributed by atoms with van der Waals surface area (Å²) in [6.07, 6.45) is 3.54. The van der Waals surface area contributed by atoms with E-state index in [0.29, 0.717) is 22.3 Å². The third-order valence-electron chi connectivity index (χ3n) is 5.56. The second kappa shape index (κ2) is 10.6. The number of rotatable bonds is 8. The molecule has 1 fully saturated rings. The highest BCUT2D eigenvalue weighted by Gasteiger charge is 2.22. The number of hydrogen-bond acceptors (Lipinski definition) is 7. The number of amides is 1. The van der Waals surface area contributed by atoms with Crippen molar-refractivity contribution in [2.75, 3.05) is 43.3 Å². The van der Waals surface area contributed by atoms with Crippen LogP contribution in [0, 0.1) is 6.92 Å². The molecule has 2 aromatic carbocycles. The molecule has 1 aliphatic heterocycles. The Morgan fingerprint density at radius 2 is 1.79 bits per heavy atom. The lowest BCUT2D eigenvalue weighted by Gasteiger charge is -2.27. The predicted octanol–water partition coefficient (Wildman–Crippen LogP) is 4.31. The van der Waals surface area contributed by atoms with Crippen LogP contribution >= 0.6 is 11.8 Å². The van der Waals surface area contributed by atoms with Gasteiger partial charge in [0.1, 0.15) is 11.5 Å². The van der Waals surface area contributed by atoms with Crippen LogP contribution in [0.5, 0.6) is 11.5 Å². The van der Waals surface area contributed by atoms with E-state index in [-0.39, 0.29) is 11.7 Å². The number of nitrogens with zero attached hydrogens (tertiary/aromatic N) is 4. The highest BCUT2D eigenvalue weighted by atomic mass is 32.2. The number of ether oxygens (including phenoxy) is 2. The molecule has 2 heterocycles. The van der Waals surface area contributed by atoms with Crippen molar-refractivity contribution in [3.63, 3.8) is 0 Å². The Labute approximate surface area is 198 Å². The molecule has 33 heavy (non-hydrogen) atoms. The second-order valence-electron chi connectivity index (χ2n) is 7.90. The Hall–Kier alpha value is -3.20. The first-order valence-electron chi connectivity index (χ1n) is 11.0. The summed E-state index contributed by atoms with van der Waals surface area (Å²) in [5.74, 6) is 2.08. The minimum absolute atomic E-state index is 0.151. The van der Waals surface area contributed by atoms with Gasteiger partial charge in [0.2, 0.25) is 11.9 Å². The zero-order valence-electron chi connectivity index (χ0n) is 19.2. The summed E-state index contributed by atoms with van der Waals surface area (Å²) in [6, 6.07) is 13.6. The molecule has 1 aliphatic rings. The fraction of sp³-hybridized carbons (Fsp3) is 0.375. The molecule has 0 radical (unpaired) electrons. The van der Waals surface area contributed by atoms with Crippen molar-refractivity contribution in [1.29, 1.82) is 0 Å². The average Bonchev–Trinajstić information content (AvgIpc) is 3.28. The van der Waals surface area contributed by atoms with Crippen molar-refractivity contribution in [2.24, 2.45) is 0 Å². The van der Waals surface area contributed by atoms with Crippen LogP contribution in [0.3, 0.4) is 0 Å². The molecule has 8 nitrogen and oxygen atoms in total. The first-order valence-corrected chi connectivity index (χ1v) is 12.0. The quantitative estimate of drug-likeness (QED) is 0.494. The minimum atomic E-state index is -0.151. The number of anilines is 2. The topological polar surface area (TPSA) is 81.5 Å². The zero-order valence-corrected chi connectivity index (χ0v) is 20.0. The summed E-state index contributed by atoms with van der Waals surface area (Å²) in [4.78, 5) is 15.0. The molecule has 1 aromatic heterocycles. The number of hydrogen-bond donors (Lipinski definition) is 1. The Morgan fingerprint density at radius 3 is 2.48 bits per heavy atom. The van der Waals surface area contributed by atoms with Gasteiger partial charge in [-0.25, -0.2) is 0 Å². The summed E-state index contributed by atoms with van der Waals surface area (Å²) < 4.78 is 12.6. The van der Waals surface area contributed by atoms with Gasteiger partial charge < -0.3 is 19.7 Å². The predicted molar refractivity (Wildman–Crippen MR) is 131 cm³/mol. The number of piperidine rings is 1. The maximum absolute atomic E-state index is 12.7.